The number of hydrogen-bond donors (Lipinski definition) is 1. The van der Waals surface area contributed by atoms with E-state index in [1.807, 2.05) is 19.9 Å². The molecule has 1 aromatic rings. The third-order valence-electron chi connectivity index (χ3n) is 3.56. The first-order valence-corrected chi connectivity index (χ1v) is 6.44. The van der Waals surface area contributed by atoms with Crippen molar-refractivity contribution < 1.29 is 9.21 Å². The Morgan fingerprint density at radius 3 is 2.76 bits per heavy atom. The monoisotopic (exact) mass is 235 g/mol. The molecule has 94 valence electrons. The maximum atomic E-state index is 12.1. The summed E-state index contributed by atoms with van der Waals surface area (Å²) in [4.78, 5) is 12.1. The van der Waals surface area contributed by atoms with Gasteiger partial charge in [0.05, 0.1) is 5.56 Å². The van der Waals surface area contributed by atoms with Gasteiger partial charge in [0.2, 0.25) is 0 Å². The maximum Gasteiger partial charge on any atom is 0.255 e. The molecule has 0 spiro atoms. The number of nitrogens with one attached hydrogen (secondary N) is 1. The molecule has 3 heteroatoms. The zero-order chi connectivity index (χ0) is 12.4. The van der Waals surface area contributed by atoms with Crippen LogP contribution in [0.5, 0.6) is 0 Å². The predicted octanol–water partition coefficient (Wildman–Crippen LogP) is 3.20. The lowest BCUT2D eigenvalue weighted by atomic mass is 9.87. The van der Waals surface area contributed by atoms with E-state index in [2.05, 4.69) is 12.2 Å². The summed E-state index contributed by atoms with van der Waals surface area (Å²) in [6, 6.07) is 2.15. The summed E-state index contributed by atoms with van der Waals surface area (Å²) in [7, 11) is 0. The minimum absolute atomic E-state index is 0.0125. The molecule has 2 rings (SSSR count). The molecule has 1 aromatic heterocycles. The Morgan fingerprint density at radius 2 is 2.18 bits per heavy atom. The lowest BCUT2D eigenvalue weighted by Crippen LogP contribution is -2.38. The third-order valence-corrected chi connectivity index (χ3v) is 3.56. The van der Waals surface area contributed by atoms with E-state index >= 15 is 0 Å². The van der Waals surface area contributed by atoms with Crippen LogP contribution in [0.4, 0.5) is 0 Å². The molecule has 0 aromatic carbocycles. The molecule has 1 amide bonds. The fraction of sp³-hybridized carbons (Fsp3) is 0.643. The van der Waals surface area contributed by atoms with Gasteiger partial charge in [0.25, 0.3) is 5.91 Å². The van der Waals surface area contributed by atoms with Crippen LogP contribution in [-0.4, -0.2) is 11.9 Å². The van der Waals surface area contributed by atoms with E-state index < -0.39 is 0 Å². The van der Waals surface area contributed by atoms with Gasteiger partial charge in [-0.05, 0) is 38.7 Å². The van der Waals surface area contributed by atoms with Crippen LogP contribution in [0.3, 0.4) is 0 Å². The molecule has 0 bridgehead atoms. The molecule has 0 aliphatic heterocycles. The van der Waals surface area contributed by atoms with Crippen LogP contribution in [0, 0.1) is 19.8 Å². The Morgan fingerprint density at radius 1 is 1.41 bits per heavy atom. The second-order valence-electron chi connectivity index (χ2n) is 5.27. The second kappa shape index (κ2) is 4.94. The van der Waals surface area contributed by atoms with Crippen molar-refractivity contribution >= 4 is 5.91 Å². The van der Waals surface area contributed by atoms with Crippen LogP contribution in [0.2, 0.25) is 0 Å². The van der Waals surface area contributed by atoms with Gasteiger partial charge >= 0.3 is 0 Å². The molecule has 1 heterocycles. The van der Waals surface area contributed by atoms with Crippen molar-refractivity contribution in [2.24, 2.45) is 5.92 Å². The fourth-order valence-corrected chi connectivity index (χ4v) is 2.68. The van der Waals surface area contributed by atoms with Crippen LogP contribution in [0.15, 0.2) is 10.5 Å². The largest absolute Gasteiger partial charge is 0.466 e. The molecule has 1 saturated carbocycles. The highest BCUT2D eigenvalue weighted by Gasteiger charge is 2.22. The van der Waals surface area contributed by atoms with E-state index in [1.165, 1.54) is 12.8 Å². The van der Waals surface area contributed by atoms with Crippen LogP contribution in [0.25, 0.3) is 0 Å². The molecule has 2 atom stereocenters. The zero-order valence-corrected chi connectivity index (χ0v) is 10.9. The minimum atomic E-state index is 0.0125. The smallest absolute Gasteiger partial charge is 0.255 e. The van der Waals surface area contributed by atoms with E-state index in [0.717, 1.165) is 24.5 Å². The van der Waals surface area contributed by atoms with Crippen molar-refractivity contribution in [3.05, 3.63) is 23.2 Å². The Labute approximate surface area is 103 Å². The molecule has 2 unspecified atom stereocenters. The maximum absolute atomic E-state index is 12.1. The third kappa shape index (κ3) is 2.90. The van der Waals surface area contributed by atoms with E-state index in [-0.39, 0.29) is 5.91 Å². The number of rotatable bonds is 2. The van der Waals surface area contributed by atoms with E-state index in [4.69, 9.17) is 4.42 Å². The van der Waals surface area contributed by atoms with E-state index in [1.54, 1.807) is 0 Å². The van der Waals surface area contributed by atoms with Gasteiger partial charge in [-0.2, -0.15) is 0 Å². The predicted molar refractivity (Wildman–Crippen MR) is 67.1 cm³/mol. The standard InChI is InChI=1S/C14H21NO2/c1-9-5-4-6-12(7-9)15-14(16)13-8-10(2)17-11(13)3/h8-9,12H,4-7H2,1-3H3,(H,15,16). The van der Waals surface area contributed by atoms with Gasteiger partial charge < -0.3 is 9.73 Å². The number of aryl methyl sites for hydroxylation is 2. The van der Waals surface area contributed by atoms with E-state index in [0.29, 0.717) is 17.4 Å². The zero-order valence-electron chi connectivity index (χ0n) is 10.9. The Balaban J connectivity index is 1.99. The van der Waals surface area contributed by atoms with Gasteiger partial charge in [0.15, 0.2) is 0 Å². The summed E-state index contributed by atoms with van der Waals surface area (Å²) in [6.45, 7) is 5.96. The quantitative estimate of drug-likeness (QED) is 0.855. The van der Waals surface area contributed by atoms with Crippen LogP contribution < -0.4 is 5.32 Å². The molecule has 3 nitrogen and oxygen atoms in total. The molecule has 17 heavy (non-hydrogen) atoms. The van der Waals surface area contributed by atoms with E-state index in [9.17, 15) is 4.79 Å². The number of carbonyl (C=O) groups is 1. The topological polar surface area (TPSA) is 42.2 Å². The number of hydrogen-bond acceptors (Lipinski definition) is 2. The Kier molecular flexibility index (Phi) is 3.55. The van der Waals surface area contributed by atoms with Gasteiger partial charge in [-0.3, -0.25) is 4.79 Å². The SMILES string of the molecule is Cc1cc(C(=O)NC2CCCC(C)C2)c(C)o1. The van der Waals surface area contributed by atoms with Gasteiger partial charge in [-0.15, -0.1) is 0 Å². The summed E-state index contributed by atoms with van der Waals surface area (Å²) < 4.78 is 5.39. The van der Waals surface area contributed by atoms with Gasteiger partial charge in [0, 0.05) is 6.04 Å². The molecule has 0 radical (unpaired) electrons. The average molecular weight is 235 g/mol. The van der Waals surface area contributed by atoms with Gasteiger partial charge in [0.1, 0.15) is 11.5 Å². The van der Waals surface area contributed by atoms with Crippen molar-refractivity contribution in [3.8, 4) is 0 Å². The van der Waals surface area contributed by atoms with Crippen LogP contribution in [0.1, 0.15) is 54.5 Å². The molecule has 1 N–H and O–H groups in total. The lowest BCUT2D eigenvalue weighted by molar-refractivity contribution is 0.0920. The highest BCUT2D eigenvalue weighted by Crippen LogP contribution is 2.24. The Hall–Kier alpha value is -1.25. The summed E-state index contributed by atoms with van der Waals surface area (Å²) in [5.74, 6) is 2.24. The molecular formula is C14H21NO2. The first-order valence-electron chi connectivity index (χ1n) is 6.44. The molecule has 1 fully saturated rings. The molecule has 0 saturated heterocycles. The van der Waals surface area contributed by atoms with Gasteiger partial charge in [-0.1, -0.05) is 19.8 Å². The number of carbonyl (C=O) groups excluding carboxylic acids is 1. The highest BCUT2D eigenvalue weighted by molar-refractivity contribution is 5.95. The van der Waals surface area contributed by atoms with Crippen molar-refractivity contribution in [3.63, 3.8) is 0 Å². The Bertz CT molecular complexity index is 408. The fourth-order valence-electron chi connectivity index (χ4n) is 2.68. The van der Waals surface area contributed by atoms with Crippen molar-refractivity contribution in [1.29, 1.82) is 0 Å². The van der Waals surface area contributed by atoms with Gasteiger partial charge in [-0.25, -0.2) is 0 Å². The summed E-state index contributed by atoms with van der Waals surface area (Å²) in [6.07, 6.45) is 4.71. The highest BCUT2D eigenvalue weighted by atomic mass is 16.3. The number of amides is 1. The van der Waals surface area contributed by atoms with Crippen LogP contribution in [-0.2, 0) is 0 Å². The average Bonchev–Trinajstić information content (AvgIpc) is 2.58. The summed E-state index contributed by atoms with van der Waals surface area (Å²) >= 11 is 0. The normalized spacial score (nSPS) is 24.6. The van der Waals surface area contributed by atoms with Crippen molar-refractivity contribution in [2.45, 2.75) is 52.5 Å². The summed E-state index contributed by atoms with van der Waals surface area (Å²) in [5.41, 5.74) is 0.681. The molecule has 1 aliphatic carbocycles. The first kappa shape index (κ1) is 12.2. The molecule has 1 aliphatic rings. The van der Waals surface area contributed by atoms with Crippen molar-refractivity contribution in [2.75, 3.05) is 0 Å². The molecular weight excluding hydrogens is 214 g/mol. The first-order chi connectivity index (χ1) is 8.06. The lowest BCUT2D eigenvalue weighted by Gasteiger charge is -2.27. The van der Waals surface area contributed by atoms with Crippen molar-refractivity contribution in [1.82, 2.24) is 5.32 Å². The summed E-state index contributed by atoms with van der Waals surface area (Å²) in [5, 5.41) is 3.12. The minimum Gasteiger partial charge on any atom is -0.466 e. The van der Waals surface area contributed by atoms with Crippen LogP contribution >= 0.6 is 0 Å². The second-order valence-corrected chi connectivity index (χ2v) is 5.27. The number of furan rings is 1.